The van der Waals surface area contributed by atoms with Crippen molar-refractivity contribution in [3.8, 4) is 0 Å². The molecule has 2 heterocycles. The van der Waals surface area contributed by atoms with E-state index in [1.807, 2.05) is 21.9 Å². The third kappa shape index (κ3) is 8.10. The fourth-order valence-electron chi connectivity index (χ4n) is 5.00. The van der Waals surface area contributed by atoms with E-state index in [9.17, 15) is 31.1 Å². The van der Waals surface area contributed by atoms with Crippen molar-refractivity contribution in [1.82, 2.24) is 14.8 Å². The van der Waals surface area contributed by atoms with Gasteiger partial charge in [-0.3, -0.25) is 9.69 Å². The minimum Gasteiger partial charge on any atom is -0.368 e. The normalized spacial score (nSPS) is 14.4. The monoisotopic (exact) mass is 652 g/mol. The van der Waals surface area contributed by atoms with Gasteiger partial charge in [-0.15, -0.1) is 11.3 Å². The first-order valence-electron chi connectivity index (χ1n) is 13.6. The fourth-order valence-corrected chi connectivity index (χ4v) is 5.94. The molecule has 0 atom stereocenters. The molecule has 0 unspecified atom stereocenters. The fraction of sp³-hybridized carbons (Fsp3) is 0.290. The molecule has 4 aromatic rings. The lowest BCUT2D eigenvalue weighted by Crippen LogP contribution is -2.49. The zero-order chi connectivity index (χ0) is 31.5. The standard InChI is InChI=1S/C31H27ClF6N4OS/c32-25-9-7-21(8-10-25)17-40(18-22-3-1-4-23(15-22)30(33,34)35)19-28-39-27(20-44-28)29(43)42-13-11-41(12-14-42)26-6-2-5-24(16-26)31(36,37)38/h1-10,15-16,20H,11-14,17-19H2. The van der Waals surface area contributed by atoms with Crippen LogP contribution in [-0.4, -0.2) is 46.9 Å². The van der Waals surface area contributed by atoms with Crippen molar-refractivity contribution < 1.29 is 31.1 Å². The first-order valence-corrected chi connectivity index (χ1v) is 14.9. The van der Waals surface area contributed by atoms with Gasteiger partial charge in [0, 0.05) is 55.4 Å². The average molecular weight is 653 g/mol. The molecular weight excluding hydrogens is 626 g/mol. The van der Waals surface area contributed by atoms with E-state index in [0.29, 0.717) is 60.5 Å². The predicted molar refractivity (Wildman–Crippen MR) is 158 cm³/mol. The molecule has 1 saturated heterocycles. The van der Waals surface area contributed by atoms with E-state index in [0.717, 1.165) is 29.8 Å². The Morgan fingerprint density at radius 1 is 0.795 bits per heavy atom. The molecule has 5 rings (SSSR count). The third-order valence-electron chi connectivity index (χ3n) is 7.22. The zero-order valence-electron chi connectivity index (χ0n) is 23.2. The Labute approximate surface area is 259 Å². The van der Waals surface area contributed by atoms with E-state index in [4.69, 9.17) is 11.6 Å². The van der Waals surface area contributed by atoms with Crippen LogP contribution in [0.2, 0.25) is 5.02 Å². The number of thiazole rings is 1. The Morgan fingerprint density at radius 2 is 1.41 bits per heavy atom. The highest BCUT2D eigenvalue weighted by atomic mass is 35.5. The molecule has 44 heavy (non-hydrogen) atoms. The number of rotatable bonds is 8. The molecule has 1 aromatic heterocycles. The van der Waals surface area contributed by atoms with Crippen LogP contribution in [0.15, 0.2) is 78.2 Å². The van der Waals surface area contributed by atoms with Gasteiger partial charge >= 0.3 is 12.4 Å². The molecule has 0 radical (unpaired) electrons. The predicted octanol–water partition coefficient (Wildman–Crippen LogP) is 8.00. The smallest absolute Gasteiger partial charge is 0.368 e. The van der Waals surface area contributed by atoms with Gasteiger partial charge in [0.15, 0.2) is 0 Å². The van der Waals surface area contributed by atoms with Crippen molar-refractivity contribution in [3.63, 3.8) is 0 Å². The van der Waals surface area contributed by atoms with Crippen LogP contribution in [0.3, 0.4) is 0 Å². The van der Waals surface area contributed by atoms with Gasteiger partial charge in [-0.05, 0) is 47.5 Å². The lowest BCUT2D eigenvalue weighted by Gasteiger charge is -2.36. The quantitative estimate of drug-likeness (QED) is 0.181. The summed E-state index contributed by atoms with van der Waals surface area (Å²) in [5.41, 5.74) is 0.652. The summed E-state index contributed by atoms with van der Waals surface area (Å²) >= 11 is 7.30. The number of benzene rings is 3. The molecule has 13 heteroatoms. The molecule has 0 aliphatic carbocycles. The largest absolute Gasteiger partial charge is 0.416 e. The highest BCUT2D eigenvalue weighted by Crippen LogP contribution is 2.32. The summed E-state index contributed by atoms with van der Waals surface area (Å²) in [6.07, 6.45) is -8.90. The highest BCUT2D eigenvalue weighted by Gasteiger charge is 2.32. The van der Waals surface area contributed by atoms with Gasteiger partial charge in [0.25, 0.3) is 5.91 Å². The topological polar surface area (TPSA) is 39.7 Å². The van der Waals surface area contributed by atoms with Crippen LogP contribution in [0, 0.1) is 0 Å². The number of carbonyl (C=O) groups is 1. The second-order valence-electron chi connectivity index (χ2n) is 10.4. The van der Waals surface area contributed by atoms with E-state index in [1.54, 1.807) is 34.5 Å². The second-order valence-corrected chi connectivity index (χ2v) is 11.8. The van der Waals surface area contributed by atoms with Gasteiger partial charge in [-0.1, -0.05) is 48.0 Å². The minimum atomic E-state index is -4.46. The number of piperazine rings is 1. The first kappa shape index (κ1) is 31.8. The van der Waals surface area contributed by atoms with Crippen LogP contribution in [0.1, 0.15) is 37.7 Å². The number of hydrogen-bond acceptors (Lipinski definition) is 5. The minimum absolute atomic E-state index is 0.215. The van der Waals surface area contributed by atoms with Crippen LogP contribution >= 0.6 is 22.9 Å². The molecule has 0 saturated carbocycles. The van der Waals surface area contributed by atoms with Gasteiger partial charge < -0.3 is 9.80 Å². The van der Waals surface area contributed by atoms with Crippen molar-refractivity contribution in [3.05, 3.63) is 116 Å². The molecule has 5 nitrogen and oxygen atoms in total. The van der Waals surface area contributed by atoms with Crippen LogP contribution in [0.4, 0.5) is 32.0 Å². The number of anilines is 1. The maximum absolute atomic E-state index is 13.3. The SMILES string of the molecule is O=C(c1csc(CN(Cc2ccc(Cl)cc2)Cc2cccc(C(F)(F)F)c2)n1)N1CCN(c2cccc(C(F)(F)F)c2)CC1. The summed E-state index contributed by atoms with van der Waals surface area (Å²) in [5, 5.41) is 2.84. The third-order valence-corrected chi connectivity index (χ3v) is 8.30. The summed E-state index contributed by atoms with van der Waals surface area (Å²) in [7, 11) is 0. The van der Waals surface area contributed by atoms with E-state index in [-0.39, 0.29) is 18.1 Å². The Hall–Kier alpha value is -3.61. The molecule has 1 amide bonds. The maximum atomic E-state index is 13.3. The van der Waals surface area contributed by atoms with E-state index in [1.165, 1.54) is 23.5 Å². The summed E-state index contributed by atoms with van der Waals surface area (Å²) in [4.78, 5) is 23.2. The number of halogens is 7. The molecule has 1 aliphatic heterocycles. The van der Waals surface area contributed by atoms with Crippen molar-refractivity contribution >= 4 is 34.5 Å². The maximum Gasteiger partial charge on any atom is 0.416 e. The Morgan fingerprint density at radius 3 is 2.07 bits per heavy atom. The van der Waals surface area contributed by atoms with Crippen LogP contribution in [0.25, 0.3) is 0 Å². The highest BCUT2D eigenvalue weighted by molar-refractivity contribution is 7.09. The average Bonchev–Trinajstić information content (AvgIpc) is 3.46. The number of nitrogens with zero attached hydrogens (tertiary/aromatic N) is 4. The number of amides is 1. The van der Waals surface area contributed by atoms with Crippen LogP contribution < -0.4 is 4.90 Å². The van der Waals surface area contributed by atoms with Gasteiger partial charge in [0.1, 0.15) is 10.7 Å². The molecule has 0 spiro atoms. The molecule has 3 aromatic carbocycles. The van der Waals surface area contributed by atoms with Gasteiger partial charge in [0.2, 0.25) is 0 Å². The van der Waals surface area contributed by atoms with Crippen molar-refractivity contribution in [1.29, 1.82) is 0 Å². The van der Waals surface area contributed by atoms with Crippen molar-refractivity contribution in [2.24, 2.45) is 0 Å². The molecule has 1 aliphatic rings. The molecular formula is C31H27ClF6N4OS. The number of hydrogen-bond donors (Lipinski definition) is 0. The molecule has 232 valence electrons. The van der Waals surface area contributed by atoms with Crippen molar-refractivity contribution in [2.75, 3.05) is 31.1 Å². The summed E-state index contributed by atoms with van der Waals surface area (Å²) < 4.78 is 79.4. The van der Waals surface area contributed by atoms with Crippen molar-refractivity contribution in [2.45, 2.75) is 32.0 Å². The lowest BCUT2D eigenvalue weighted by molar-refractivity contribution is -0.138. The van der Waals surface area contributed by atoms with Gasteiger partial charge in [-0.2, -0.15) is 26.3 Å². The van der Waals surface area contributed by atoms with Crippen LogP contribution in [0.5, 0.6) is 0 Å². The molecule has 1 fully saturated rings. The molecule has 0 bridgehead atoms. The second kappa shape index (κ2) is 13.2. The number of alkyl halides is 6. The summed E-state index contributed by atoms with van der Waals surface area (Å²) in [6, 6.07) is 17.5. The van der Waals surface area contributed by atoms with Crippen LogP contribution in [-0.2, 0) is 32.0 Å². The first-order chi connectivity index (χ1) is 20.8. The number of aromatic nitrogens is 1. The Kier molecular flexibility index (Phi) is 9.52. The Bertz CT molecular complexity index is 1580. The Balaban J connectivity index is 1.25. The molecule has 0 N–H and O–H groups in total. The zero-order valence-corrected chi connectivity index (χ0v) is 24.8. The van der Waals surface area contributed by atoms with E-state index < -0.39 is 23.5 Å². The lowest BCUT2D eigenvalue weighted by atomic mass is 10.1. The number of carbonyl (C=O) groups excluding carboxylic acids is 1. The van der Waals surface area contributed by atoms with Gasteiger partial charge in [0.05, 0.1) is 17.7 Å². The summed E-state index contributed by atoms with van der Waals surface area (Å²) in [5.74, 6) is -0.279. The van der Waals surface area contributed by atoms with E-state index in [2.05, 4.69) is 4.98 Å². The summed E-state index contributed by atoms with van der Waals surface area (Å²) in [6.45, 7) is 2.30. The van der Waals surface area contributed by atoms with E-state index >= 15 is 0 Å². The van der Waals surface area contributed by atoms with Gasteiger partial charge in [-0.25, -0.2) is 4.98 Å².